The number of hydrogen-bond donors (Lipinski definition) is 0. The van der Waals surface area contributed by atoms with E-state index >= 15 is 0 Å². The number of benzene rings is 1. The average Bonchev–Trinajstić information content (AvgIpc) is 2.51. The number of rotatable bonds is 1. The summed E-state index contributed by atoms with van der Waals surface area (Å²) in [7, 11) is 0. The molecule has 1 spiro atoms. The first-order valence-corrected chi connectivity index (χ1v) is 7.97. The molecule has 2 aromatic rings. The van der Waals surface area contributed by atoms with Crippen molar-refractivity contribution in [1.29, 1.82) is 0 Å². The standard InChI is InChI=1S/C18H17FN2O2/c19-13-9-12-3-1-7-20-16(12)15(10-13)17(23)21-8-4-14(22)11-18(21)5-2-6-18/h1,3,7,9-10H,2,4-6,8,11H2. The summed E-state index contributed by atoms with van der Waals surface area (Å²) in [5, 5.41) is 0.617. The van der Waals surface area contributed by atoms with Crippen LogP contribution < -0.4 is 0 Å². The Balaban J connectivity index is 1.78. The summed E-state index contributed by atoms with van der Waals surface area (Å²) in [5.74, 6) is -0.430. The molecule has 1 saturated carbocycles. The van der Waals surface area contributed by atoms with Crippen molar-refractivity contribution in [2.24, 2.45) is 0 Å². The van der Waals surface area contributed by atoms with E-state index in [1.54, 1.807) is 23.2 Å². The van der Waals surface area contributed by atoms with E-state index < -0.39 is 5.82 Å². The molecule has 0 unspecified atom stereocenters. The van der Waals surface area contributed by atoms with Crippen molar-refractivity contribution in [2.45, 2.75) is 37.6 Å². The number of hydrogen-bond acceptors (Lipinski definition) is 3. The van der Waals surface area contributed by atoms with Crippen molar-refractivity contribution in [3.8, 4) is 0 Å². The van der Waals surface area contributed by atoms with Crippen molar-refractivity contribution in [1.82, 2.24) is 9.88 Å². The van der Waals surface area contributed by atoms with Crippen LogP contribution in [0.2, 0.25) is 0 Å². The summed E-state index contributed by atoms with van der Waals surface area (Å²) in [4.78, 5) is 31.0. The van der Waals surface area contributed by atoms with Crippen LogP contribution in [-0.4, -0.2) is 33.7 Å². The van der Waals surface area contributed by atoms with Crippen LogP contribution >= 0.6 is 0 Å². The van der Waals surface area contributed by atoms with Crippen LogP contribution in [0.5, 0.6) is 0 Å². The van der Waals surface area contributed by atoms with Crippen LogP contribution in [0, 0.1) is 5.82 Å². The summed E-state index contributed by atoms with van der Waals surface area (Å²) in [6, 6.07) is 6.13. The Kier molecular flexibility index (Phi) is 3.18. The smallest absolute Gasteiger partial charge is 0.256 e. The van der Waals surface area contributed by atoms with Gasteiger partial charge in [-0.05, 0) is 37.5 Å². The van der Waals surface area contributed by atoms with Crippen molar-refractivity contribution in [3.05, 3.63) is 41.8 Å². The predicted octanol–water partition coefficient (Wildman–Crippen LogP) is 3.10. The minimum atomic E-state index is -0.440. The number of carbonyl (C=O) groups excluding carboxylic acids is 2. The first-order chi connectivity index (χ1) is 11.1. The van der Waals surface area contributed by atoms with Gasteiger partial charge in [0.15, 0.2) is 0 Å². The van der Waals surface area contributed by atoms with Gasteiger partial charge in [-0.15, -0.1) is 0 Å². The van der Waals surface area contributed by atoms with Crippen LogP contribution in [0.4, 0.5) is 4.39 Å². The highest BCUT2D eigenvalue weighted by Gasteiger charge is 2.48. The maximum Gasteiger partial charge on any atom is 0.256 e. The fourth-order valence-electron chi connectivity index (χ4n) is 3.84. The van der Waals surface area contributed by atoms with E-state index in [1.165, 1.54) is 12.1 Å². The molecular weight excluding hydrogens is 295 g/mol. The van der Waals surface area contributed by atoms with Gasteiger partial charge in [-0.25, -0.2) is 4.39 Å². The van der Waals surface area contributed by atoms with E-state index in [2.05, 4.69) is 4.98 Å². The van der Waals surface area contributed by atoms with Gasteiger partial charge in [0.25, 0.3) is 5.91 Å². The Bertz CT molecular complexity index is 814. The Hall–Kier alpha value is -2.30. The van der Waals surface area contributed by atoms with Gasteiger partial charge in [-0.1, -0.05) is 6.07 Å². The molecule has 1 aromatic heterocycles. The fourth-order valence-corrected chi connectivity index (χ4v) is 3.84. The highest BCUT2D eigenvalue weighted by molar-refractivity contribution is 6.06. The molecule has 2 heterocycles. The summed E-state index contributed by atoms with van der Waals surface area (Å²) in [6.07, 6.45) is 5.15. The number of fused-ring (bicyclic) bond motifs is 1. The molecule has 0 N–H and O–H groups in total. The van der Waals surface area contributed by atoms with Gasteiger partial charge in [0.05, 0.1) is 16.6 Å². The molecule has 4 rings (SSSR count). The zero-order valence-corrected chi connectivity index (χ0v) is 12.7. The molecular formula is C18H17FN2O2. The first kappa shape index (κ1) is 14.3. The third-order valence-corrected chi connectivity index (χ3v) is 5.14. The molecule has 2 fully saturated rings. The first-order valence-electron chi connectivity index (χ1n) is 7.97. The lowest BCUT2D eigenvalue weighted by Gasteiger charge is -2.52. The molecule has 1 aliphatic heterocycles. The van der Waals surface area contributed by atoms with Crippen molar-refractivity contribution < 1.29 is 14.0 Å². The molecule has 0 bridgehead atoms. The van der Waals surface area contributed by atoms with Gasteiger partial charge in [0.2, 0.25) is 0 Å². The van der Waals surface area contributed by atoms with Crippen LogP contribution in [0.15, 0.2) is 30.5 Å². The van der Waals surface area contributed by atoms with Crippen LogP contribution in [0.25, 0.3) is 10.9 Å². The number of carbonyl (C=O) groups is 2. The number of pyridine rings is 1. The lowest BCUT2D eigenvalue weighted by molar-refractivity contribution is -0.128. The van der Waals surface area contributed by atoms with Gasteiger partial charge in [0.1, 0.15) is 11.6 Å². The van der Waals surface area contributed by atoms with Crippen molar-refractivity contribution in [2.75, 3.05) is 6.54 Å². The van der Waals surface area contributed by atoms with Crippen molar-refractivity contribution >= 4 is 22.6 Å². The van der Waals surface area contributed by atoms with Crippen LogP contribution in [0.1, 0.15) is 42.5 Å². The van der Waals surface area contributed by atoms with Gasteiger partial charge >= 0.3 is 0 Å². The zero-order valence-electron chi connectivity index (χ0n) is 12.7. The van der Waals surface area contributed by atoms with Gasteiger partial charge in [0, 0.05) is 31.0 Å². The number of nitrogens with zero attached hydrogens (tertiary/aromatic N) is 2. The van der Waals surface area contributed by atoms with E-state index in [-0.39, 0.29) is 17.2 Å². The highest BCUT2D eigenvalue weighted by atomic mass is 19.1. The maximum absolute atomic E-state index is 13.9. The Morgan fingerprint density at radius 3 is 2.87 bits per heavy atom. The summed E-state index contributed by atoms with van der Waals surface area (Å²) >= 11 is 0. The number of piperidine rings is 1. The number of ketones is 1. The monoisotopic (exact) mass is 312 g/mol. The predicted molar refractivity (Wildman–Crippen MR) is 83.6 cm³/mol. The topological polar surface area (TPSA) is 50.3 Å². The third kappa shape index (κ3) is 2.22. The van der Waals surface area contributed by atoms with Crippen LogP contribution in [-0.2, 0) is 4.79 Å². The second-order valence-electron chi connectivity index (χ2n) is 6.53. The molecule has 5 heteroatoms. The highest BCUT2D eigenvalue weighted by Crippen LogP contribution is 2.44. The molecule has 2 aliphatic rings. The van der Waals surface area contributed by atoms with Crippen molar-refractivity contribution in [3.63, 3.8) is 0 Å². The second-order valence-corrected chi connectivity index (χ2v) is 6.53. The molecule has 4 nitrogen and oxygen atoms in total. The number of Topliss-reactive ketones (excluding diaryl/α,β-unsaturated/α-hetero) is 1. The van der Waals surface area contributed by atoms with E-state index in [4.69, 9.17) is 0 Å². The largest absolute Gasteiger partial charge is 0.332 e. The average molecular weight is 312 g/mol. The second kappa shape index (κ2) is 5.11. The molecule has 1 amide bonds. The van der Waals surface area contributed by atoms with Gasteiger partial charge in [-0.3, -0.25) is 14.6 Å². The number of halogens is 1. The fraction of sp³-hybridized carbons (Fsp3) is 0.389. The normalized spacial score (nSPS) is 19.9. The Morgan fingerprint density at radius 2 is 2.13 bits per heavy atom. The lowest BCUT2D eigenvalue weighted by Crippen LogP contribution is -2.60. The maximum atomic E-state index is 13.9. The number of likely N-dealkylation sites (tertiary alicyclic amines) is 1. The quantitative estimate of drug-likeness (QED) is 0.813. The van der Waals surface area contributed by atoms with Gasteiger partial charge < -0.3 is 4.90 Å². The lowest BCUT2D eigenvalue weighted by atomic mass is 9.69. The Labute approximate surface area is 133 Å². The summed E-state index contributed by atoms with van der Waals surface area (Å²) in [6.45, 7) is 0.419. The molecule has 23 heavy (non-hydrogen) atoms. The molecule has 118 valence electrons. The number of amides is 1. The molecule has 1 saturated heterocycles. The number of aromatic nitrogens is 1. The minimum Gasteiger partial charge on any atom is -0.332 e. The molecule has 1 aliphatic carbocycles. The van der Waals surface area contributed by atoms with Crippen LogP contribution in [0.3, 0.4) is 0 Å². The minimum absolute atomic E-state index is 0.208. The molecule has 1 aromatic carbocycles. The zero-order chi connectivity index (χ0) is 16.0. The van der Waals surface area contributed by atoms with E-state index in [0.29, 0.717) is 35.9 Å². The summed E-state index contributed by atoms with van der Waals surface area (Å²) < 4.78 is 13.9. The third-order valence-electron chi connectivity index (χ3n) is 5.14. The molecule has 0 radical (unpaired) electrons. The van der Waals surface area contributed by atoms with E-state index in [9.17, 15) is 14.0 Å². The Morgan fingerprint density at radius 1 is 1.30 bits per heavy atom. The van der Waals surface area contributed by atoms with E-state index in [0.717, 1.165) is 19.3 Å². The van der Waals surface area contributed by atoms with Gasteiger partial charge in [-0.2, -0.15) is 0 Å². The summed E-state index contributed by atoms with van der Waals surface area (Å²) in [5.41, 5.74) is 0.464. The van der Waals surface area contributed by atoms with E-state index in [1.807, 2.05) is 0 Å². The molecule has 0 atom stereocenters. The SMILES string of the molecule is O=C1CCN(C(=O)c2cc(F)cc3cccnc23)C2(CCC2)C1.